The van der Waals surface area contributed by atoms with E-state index in [1.807, 2.05) is 6.92 Å². The molecule has 1 aliphatic heterocycles. The zero-order valence-corrected chi connectivity index (χ0v) is 8.81. The van der Waals surface area contributed by atoms with Gasteiger partial charge >= 0.3 is 6.18 Å². The predicted octanol–water partition coefficient (Wildman–Crippen LogP) is 2.59. The van der Waals surface area contributed by atoms with Gasteiger partial charge in [0, 0.05) is 19.5 Å². The van der Waals surface area contributed by atoms with E-state index in [1.54, 1.807) is 4.90 Å². The molecule has 0 aliphatic carbocycles. The van der Waals surface area contributed by atoms with Gasteiger partial charge in [0.05, 0.1) is 5.92 Å². The number of alkyl halides is 3. The first-order valence-electron chi connectivity index (χ1n) is 5.29. The summed E-state index contributed by atoms with van der Waals surface area (Å²) in [5, 5.41) is 0. The first-order chi connectivity index (χ1) is 6.95. The van der Waals surface area contributed by atoms with Gasteiger partial charge in [0.25, 0.3) is 0 Å². The second-order valence-electron chi connectivity index (χ2n) is 3.95. The lowest BCUT2D eigenvalue weighted by atomic mass is 9.96. The van der Waals surface area contributed by atoms with E-state index >= 15 is 0 Å². The third kappa shape index (κ3) is 3.39. The van der Waals surface area contributed by atoms with Gasteiger partial charge in [0.2, 0.25) is 5.91 Å². The topological polar surface area (TPSA) is 20.3 Å². The van der Waals surface area contributed by atoms with Crippen molar-refractivity contribution in [3.8, 4) is 0 Å². The summed E-state index contributed by atoms with van der Waals surface area (Å²) in [7, 11) is 0. The average molecular weight is 223 g/mol. The van der Waals surface area contributed by atoms with Gasteiger partial charge in [-0.1, -0.05) is 6.92 Å². The van der Waals surface area contributed by atoms with E-state index in [0.29, 0.717) is 6.42 Å². The van der Waals surface area contributed by atoms with Crippen LogP contribution in [-0.2, 0) is 4.79 Å². The number of rotatable bonds is 2. The fraction of sp³-hybridized carbons (Fsp3) is 0.900. The number of amides is 1. The van der Waals surface area contributed by atoms with Crippen molar-refractivity contribution in [2.45, 2.75) is 38.8 Å². The maximum Gasteiger partial charge on any atom is 0.391 e. The Bertz CT molecular complexity index is 219. The van der Waals surface area contributed by atoms with E-state index in [2.05, 4.69) is 0 Å². The molecule has 0 radical (unpaired) electrons. The molecular weight excluding hydrogens is 207 g/mol. The minimum absolute atomic E-state index is 0.0156. The van der Waals surface area contributed by atoms with E-state index in [9.17, 15) is 18.0 Å². The summed E-state index contributed by atoms with van der Waals surface area (Å²) >= 11 is 0. The molecule has 0 unspecified atom stereocenters. The summed E-state index contributed by atoms with van der Waals surface area (Å²) in [6, 6.07) is 0. The molecular formula is C10H16F3NO. The summed E-state index contributed by atoms with van der Waals surface area (Å²) in [4.78, 5) is 12.9. The molecule has 0 N–H and O–H groups in total. The Morgan fingerprint density at radius 2 is 1.87 bits per heavy atom. The molecule has 15 heavy (non-hydrogen) atoms. The number of halogens is 3. The van der Waals surface area contributed by atoms with E-state index < -0.39 is 12.1 Å². The van der Waals surface area contributed by atoms with Crippen LogP contribution in [0.3, 0.4) is 0 Å². The number of nitrogens with zero attached hydrogens (tertiary/aromatic N) is 1. The van der Waals surface area contributed by atoms with Crippen LogP contribution in [-0.4, -0.2) is 30.1 Å². The molecule has 88 valence electrons. The Hall–Kier alpha value is -0.740. The molecule has 0 saturated carbocycles. The van der Waals surface area contributed by atoms with Gasteiger partial charge in [0.15, 0.2) is 0 Å². The monoisotopic (exact) mass is 223 g/mol. The Morgan fingerprint density at radius 1 is 1.33 bits per heavy atom. The fourth-order valence-electron chi connectivity index (χ4n) is 1.83. The molecule has 0 spiro atoms. The number of hydrogen-bond donors (Lipinski definition) is 0. The summed E-state index contributed by atoms with van der Waals surface area (Å²) in [5.74, 6) is -1.23. The van der Waals surface area contributed by atoms with Gasteiger partial charge in [-0.15, -0.1) is 0 Å². The van der Waals surface area contributed by atoms with Crippen molar-refractivity contribution in [2.24, 2.45) is 5.92 Å². The molecule has 0 aromatic heterocycles. The van der Waals surface area contributed by atoms with E-state index in [4.69, 9.17) is 0 Å². The Balaban J connectivity index is 2.39. The van der Waals surface area contributed by atoms with E-state index in [0.717, 1.165) is 6.42 Å². The number of hydrogen-bond acceptors (Lipinski definition) is 1. The average Bonchev–Trinajstić information content (AvgIpc) is 2.17. The summed E-state index contributed by atoms with van der Waals surface area (Å²) in [6.07, 6.45) is -2.80. The number of likely N-dealkylation sites (tertiary alicyclic amines) is 1. The highest BCUT2D eigenvalue weighted by atomic mass is 19.4. The lowest BCUT2D eigenvalue weighted by Crippen LogP contribution is -2.41. The van der Waals surface area contributed by atoms with Gasteiger partial charge in [-0.05, 0) is 19.3 Å². The van der Waals surface area contributed by atoms with Crippen LogP contribution in [0, 0.1) is 5.92 Å². The summed E-state index contributed by atoms with van der Waals surface area (Å²) < 4.78 is 36.9. The lowest BCUT2D eigenvalue weighted by Gasteiger charge is -2.32. The molecule has 0 bridgehead atoms. The molecule has 0 aromatic rings. The minimum Gasteiger partial charge on any atom is -0.343 e. The van der Waals surface area contributed by atoms with Crippen LogP contribution in [0.5, 0.6) is 0 Å². The molecule has 0 atom stereocenters. The van der Waals surface area contributed by atoms with Crippen LogP contribution in [0.15, 0.2) is 0 Å². The van der Waals surface area contributed by atoms with Gasteiger partial charge in [-0.25, -0.2) is 0 Å². The summed E-state index contributed by atoms with van der Waals surface area (Å²) in [5.41, 5.74) is 0. The van der Waals surface area contributed by atoms with Crippen LogP contribution in [0.25, 0.3) is 0 Å². The SMILES string of the molecule is CCCC(=O)N1CCC(C(F)(F)F)CC1. The molecule has 0 aromatic carbocycles. The maximum absolute atomic E-state index is 12.3. The number of carbonyl (C=O) groups excluding carboxylic acids is 1. The van der Waals surface area contributed by atoms with Crippen molar-refractivity contribution < 1.29 is 18.0 Å². The third-order valence-electron chi connectivity index (χ3n) is 2.77. The van der Waals surface area contributed by atoms with E-state index in [-0.39, 0.29) is 31.8 Å². The molecule has 1 heterocycles. The van der Waals surface area contributed by atoms with Crippen LogP contribution < -0.4 is 0 Å². The van der Waals surface area contributed by atoms with Crippen LogP contribution in [0.4, 0.5) is 13.2 Å². The van der Waals surface area contributed by atoms with Gasteiger partial charge in [0.1, 0.15) is 0 Å². The summed E-state index contributed by atoms with van der Waals surface area (Å²) in [6.45, 7) is 2.40. The molecule has 1 amide bonds. The minimum atomic E-state index is -4.10. The second-order valence-corrected chi connectivity index (χ2v) is 3.95. The van der Waals surface area contributed by atoms with E-state index in [1.165, 1.54) is 0 Å². The maximum atomic E-state index is 12.3. The van der Waals surface area contributed by atoms with Crippen molar-refractivity contribution in [3.05, 3.63) is 0 Å². The zero-order valence-electron chi connectivity index (χ0n) is 8.81. The van der Waals surface area contributed by atoms with Crippen molar-refractivity contribution >= 4 is 5.91 Å². The quantitative estimate of drug-likeness (QED) is 0.704. The normalized spacial score (nSPS) is 19.3. The number of piperidine rings is 1. The van der Waals surface area contributed by atoms with Gasteiger partial charge in [-0.3, -0.25) is 4.79 Å². The molecule has 5 heteroatoms. The third-order valence-corrected chi connectivity index (χ3v) is 2.77. The largest absolute Gasteiger partial charge is 0.391 e. The van der Waals surface area contributed by atoms with Crippen LogP contribution >= 0.6 is 0 Å². The van der Waals surface area contributed by atoms with Crippen LogP contribution in [0.2, 0.25) is 0 Å². The predicted molar refractivity (Wildman–Crippen MR) is 50.3 cm³/mol. The van der Waals surface area contributed by atoms with Crippen molar-refractivity contribution in [1.29, 1.82) is 0 Å². The Morgan fingerprint density at radius 3 is 2.27 bits per heavy atom. The fourth-order valence-corrected chi connectivity index (χ4v) is 1.83. The van der Waals surface area contributed by atoms with Crippen molar-refractivity contribution in [3.63, 3.8) is 0 Å². The second kappa shape index (κ2) is 4.86. The highest BCUT2D eigenvalue weighted by Crippen LogP contribution is 2.34. The number of carbonyl (C=O) groups is 1. The molecule has 1 rings (SSSR count). The van der Waals surface area contributed by atoms with Crippen molar-refractivity contribution in [1.82, 2.24) is 4.90 Å². The highest BCUT2D eigenvalue weighted by Gasteiger charge is 2.41. The molecule has 1 fully saturated rings. The van der Waals surface area contributed by atoms with Gasteiger partial charge < -0.3 is 4.90 Å². The first-order valence-corrected chi connectivity index (χ1v) is 5.29. The Labute approximate surface area is 87.4 Å². The molecule has 2 nitrogen and oxygen atoms in total. The smallest absolute Gasteiger partial charge is 0.343 e. The zero-order chi connectivity index (χ0) is 11.5. The Kier molecular flexibility index (Phi) is 3.99. The van der Waals surface area contributed by atoms with Crippen LogP contribution in [0.1, 0.15) is 32.6 Å². The standard InChI is InChI=1S/C10H16F3NO/c1-2-3-9(15)14-6-4-8(5-7-14)10(11,12)13/h8H,2-7H2,1H3. The lowest BCUT2D eigenvalue weighted by molar-refractivity contribution is -0.186. The first kappa shape index (κ1) is 12.3. The molecule has 1 saturated heterocycles. The van der Waals surface area contributed by atoms with Gasteiger partial charge in [-0.2, -0.15) is 13.2 Å². The molecule has 1 aliphatic rings. The highest BCUT2D eigenvalue weighted by molar-refractivity contribution is 5.76. The van der Waals surface area contributed by atoms with Crippen molar-refractivity contribution in [2.75, 3.05) is 13.1 Å².